The number of hydrogen-bond donors (Lipinski definition) is 1. The van der Waals surface area contributed by atoms with Gasteiger partial charge in [0, 0.05) is 12.7 Å². The van der Waals surface area contributed by atoms with Crippen molar-refractivity contribution in [2.24, 2.45) is 0 Å². The summed E-state index contributed by atoms with van der Waals surface area (Å²) in [6, 6.07) is 8.94. The van der Waals surface area contributed by atoms with E-state index in [1.807, 2.05) is 18.2 Å². The Balaban J connectivity index is 1.74. The molecule has 1 fully saturated rings. The fourth-order valence-corrected chi connectivity index (χ4v) is 2.97. The van der Waals surface area contributed by atoms with Gasteiger partial charge in [-0.05, 0) is 49.7 Å². The molecule has 2 aromatic rings. The summed E-state index contributed by atoms with van der Waals surface area (Å²) in [6.45, 7) is 2.93. The van der Waals surface area contributed by atoms with Crippen molar-refractivity contribution in [3.8, 4) is 0 Å². The van der Waals surface area contributed by atoms with E-state index in [9.17, 15) is 4.39 Å². The molecule has 116 valence electrons. The Labute approximate surface area is 130 Å². The van der Waals surface area contributed by atoms with Crippen LogP contribution in [-0.2, 0) is 0 Å². The van der Waals surface area contributed by atoms with Crippen molar-refractivity contribution in [2.75, 3.05) is 25.0 Å². The van der Waals surface area contributed by atoms with E-state index in [2.05, 4.69) is 20.2 Å². The van der Waals surface area contributed by atoms with Gasteiger partial charge >= 0.3 is 0 Å². The van der Waals surface area contributed by atoms with E-state index < -0.39 is 0 Å². The SMILES string of the molecule is Fc1ccc([C@@H](CNc2ccncn2)N2CCCCC2)cc1. The number of benzene rings is 1. The number of halogens is 1. The van der Waals surface area contributed by atoms with Gasteiger partial charge in [-0.1, -0.05) is 18.6 Å². The fraction of sp³-hybridized carbons (Fsp3) is 0.412. The smallest absolute Gasteiger partial charge is 0.129 e. The van der Waals surface area contributed by atoms with E-state index in [0.717, 1.165) is 31.0 Å². The Bertz CT molecular complexity index is 567. The van der Waals surface area contributed by atoms with Gasteiger partial charge in [0.05, 0.1) is 6.04 Å². The van der Waals surface area contributed by atoms with Gasteiger partial charge in [0.2, 0.25) is 0 Å². The largest absolute Gasteiger partial charge is 0.368 e. The molecular formula is C17H21FN4. The number of hydrogen-bond acceptors (Lipinski definition) is 4. The van der Waals surface area contributed by atoms with Crippen molar-refractivity contribution in [1.29, 1.82) is 0 Å². The molecule has 0 spiro atoms. The summed E-state index contributed by atoms with van der Waals surface area (Å²) in [6.07, 6.45) is 7.02. The molecule has 0 saturated carbocycles. The molecule has 0 bridgehead atoms. The van der Waals surface area contributed by atoms with Crippen LogP contribution in [0.5, 0.6) is 0 Å². The van der Waals surface area contributed by atoms with Crippen LogP contribution in [0.25, 0.3) is 0 Å². The molecule has 5 heteroatoms. The first-order chi connectivity index (χ1) is 10.8. The molecule has 1 aliphatic heterocycles. The summed E-state index contributed by atoms with van der Waals surface area (Å²) in [7, 11) is 0. The Morgan fingerprint density at radius 2 is 1.86 bits per heavy atom. The third-order valence-corrected chi connectivity index (χ3v) is 4.14. The summed E-state index contributed by atoms with van der Waals surface area (Å²) in [5.41, 5.74) is 1.14. The van der Waals surface area contributed by atoms with E-state index in [4.69, 9.17) is 0 Å². The lowest BCUT2D eigenvalue weighted by Crippen LogP contribution is -2.37. The molecule has 1 N–H and O–H groups in total. The zero-order valence-corrected chi connectivity index (χ0v) is 12.6. The molecule has 1 aromatic heterocycles. The summed E-state index contributed by atoms with van der Waals surface area (Å²) >= 11 is 0. The van der Waals surface area contributed by atoms with Gasteiger partial charge in [0.25, 0.3) is 0 Å². The van der Waals surface area contributed by atoms with Crippen LogP contribution in [-0.4, -0.2) is 34.5 Å². The van der Waals surface area contributed by atoms with Gasteiger partial charge in [-0.3, -0.25) is 4.90 Å². The fourth-order valence-electron chi connectivity index (χ4n) is 2.97. The zero-order valence-electron chi connectivity index (χ0n) is 12.6. The summed E-state index contributed by atoms with van der Waals surface area (Å²) < 4.78 is 13.2. The topological polar surface area (TPSA) is 41.1 Å². The molecule has 0 radical (unpaired) electrons. The van der Waals surface area contributed by atoms with Crippen LogP contribution in [0.4, 0.5) is 10.2 Å². The predicted octanol–water partition coefficient (Wildman–Crippen LogP) is 3.25. The average Bonchev–Trinajstić information content (AvgIpc) is 2.58. The minimum Gasteiger partial charge on any atom is -0.368 e. The van der Waals surface area contributed by atoms with Gasteiger partial charge in [-0.25, -0.2) is 14.4 Å². The molecule has 1 aliphatic rings. The standard InChI is InChI=1S/C17H21FN4/c18-15-6-4-14(5-7-15)16(22-10-2-1-3-11-22)12-20-17-8-9-19-13-21-17/h4-9,13,16H,1-3,10-12H2,(H,19,20,21)/t16-/m1/s1. The molecule has 4 nitrogen and oxygen atoms in total. The second-order valence-electron chi connectivity index (χ2n) is 5.64. The average molecular weight is 300 g/mol. The highest BCUT2D eigenvalue weighted by molar-refractivity contribution is 5.33. The minimum atomic E-state index is -0.190. The van der Waals surface area contributed by atoms with Crippen LogP contribution in [0.1, 0.15) is 30.9 Å². The van der Waals surface area contributed by atoms with Gasteiger partial charge in [-0.15, -0.1) is 0 Å². The Hall–Kier alpha value is -2.01. The van der Waals surface area contributed by atoms with Crippen LogP contribution in [0.2, 0.25) is 0 Å². The molecule has 1 atom stereocenters. The Morgan fingerprint density at radius 3 is 2.55 bits per heavy atom. The van der Waals surface area contributed by atoms with Crippen molar-refractivity contribution in [3.63, 3.8) is 0 Å². The molecule has 0 unspecified atom stereocenters. The molecule has 1 aromatic carbocycles. The maximum Gasteiger partial charge on any atom is 0.129 e. The summed E-state index contributed by atoms with van der Waals surface area (Å²) in [5.74, 6) is 0.629. The van der Waals surface area contributed by atoms with E-state index in [0.29, 0.717) is 0 Å². The molecule has 3 rings (SSSR count). The zero-order chi connectivity index (χ0) is 15.2. The lowest BCUT2D eigenvalue weighted by molar-refractivity contribution is 0.170. The van der Waals surface area contributed by atoms with Crippen molar-refractivity contribution in [2.45, 2.75) is 25.3 Å². The highest BCUT2D eigenvalue weighted by atomic mass is 19.1. The number of anilines is 1. The third-order valence-electron chi connectivity index (χ3n) is 4.14. The van der Waals surface area contributed by atoms with Gasteiger partial charge in [-0.2, -0.15) is 0 Å². The van der Waals surface area contributed by atoms with Crippen molar-refractivity contribution in [1.82, 2.24) is 14.9 Å². The number of nitrogens with one attached hydrogen (secondary N) is 1. The number of aromatic nitrogens is 2. The van der Waals surface area contributed by atoms with Gasteiger partial charge in [0.1, 0.15) is 18.0 Å². The molecule has 0 aliphatic carbocycles. The van der Waals surface area contributed by atoms with Crippen LogP contribution in [0, 0.1) is 5.82 Å². The molecular weight excluding hydrogens is 279 g/mol. The van der Waals surface area contributed by atoms with Crippen molar-refractivity contribution in [3.05, 3.63) is 54.2 Å². The van der Waals surface area contributed by atoms with Crippen LogP contribution >= 0.6 is 0 Å². The first-order valence-corrected chi connectivity index (χ1v) is 7.82. The second kappa shape index (κ2) is 7.31. The monoisotopic (exact) mass is 300 g/mol. The predicted molar refractivity (Wildman–Crippen MR) is 85.1 cm³/mol. The number of rotatable bonds is 5. The molecule has 0 amide bonds. The number of nitrogens with zero attached hydrogens (tertiary/aromatic N) is 3. The maximum atomic E-state index is 13.2. The molecule has 2 heterocycles. The summed E-state index contributed by atoms with van der Waals surface area (Å²) in [5, 5.41) is 3.37. The van der Waals surface area contributed by atoms with Crippen molar-refractivity contribution >= 4 is 5.82 Å². The van der Waals surface area contributed by atoms with Crippen molar-refractivity contribution < 1.29 is 4.39 Å². The van der Waals surface area contributed by atoms with E-state index in [-0.39, 0.29) is 11.9 Å². The van der Waals surface area contributed by atoms with E-state index >= 15 is 0 Å². The maximum absolute atomic E-state index is 13.2. The highest BCUT2D eigenvalue weighted by Gasteiger charge is 2.22. The van der Waals surface area contributed by atoms with Crippen LogP contribution in [0.3, 0.4) is 0 Å². The lowest BCUT2D eigenvalue weighted by Gasteiger charge is -2.35. The first kappa shape index (κ1) is 14.9. The summed E-state index contributed by atoms with van der Waals surface area (Å²) in [4.78, 5) is 10.6. The number of piperidine rings is 1. The quantitative estimate of drug-likeness (QED) is 0.920. The van der Waals surface area contributed by atoms with Crippen LogP contribution in [0.15, 0.2) is 42.9 Å². The van der Waals surface area contributed by atoms with E-state index in [1.165, 1.54) is 37.7 Å². The highest BCUT2D eigenvalue weighted by Crippen LogP contribution is 2.25. The van der Waals surface area contributed by atoms with Gasteiger partial charge in [0.15, 0.2) is 0 Å². The first-order valence-electron chi connectivity index (χ1n) is 7.82. The van der Waals surface area contributed by atoms with Gasteiger partial charge < -0.3 is 5.32 Å². The normalized spacial score (nSPS) is 17.1. The van der Waals surface area contributed by atoms with Crippen LogP contribution < -0.4 is 5.32 Å². The Morgan fingerprint density at radius 1 is 1.09 bits per heavy atom. The minimum absolute atomic E-state index is 0.190. The Kier molecular flexibility index (Phi) is 4.96. The van der Waals surface area contributed by atoms with E-state index in [1.54, 1.807) is 6.20 Å². The second-order valence-corrected chi connectivity index (χ2v) is 5.64. The molecule has 1 saturated heterocycles. The number of likely N-dealkylation sites (tertiary alicyclic amines) is 1. The lowest BCUT2D eigenvalue weighted by atomic mass is 10.0. The third kappa shape index (κ3) is 3.80. The molecule has 22 heavy (non-hydrogen) atoms.